The van der Waals surface area contributed by atoms with Crippen molar-refractivity contribution in [1.82, 2.24) is 10.2 Å². The van der Waals surface area contributed by atoms with Crippen LogP contribution in [0.4, 0.5) is 5.69 Å². The smallest absolute Gasteiger partial charge is 0.247 e. The van der Waals surface area contributed by atoms with Crippen molar-refractivity contribution >= 4 is 5.69 Å². The predicted molar refractivity (Wildman–Crippen MR) is 87.7 cm³/mol. The molecule has 0 saturated heterocycles. The maximum atomic E-state index is 5.78. The predicted octanol–water partition coefficient (Wildman–Crippen LogP) is 4.53. The highest BCUT2D eigenvalue weighted by Crippen LogP contribution is 2.23. The highest BCUT2D eigenvalue weighted by atomic mass is 16.4. The van der Waals surface area contributed by atoms with Gasteiger partial charge in [0.05, 0.1) is 0 Å². The summed E-state index contributed by atoms with van der Waals surface area (Å²) in [5.74, 6) is 1.13. The maximum Gasteiger partial charge on any atom is 0.247 e. The second-order valence-electron chi connectivity index (χ2n) is 5.54. The number of nitrogens with one attached hydrogen (secondary N) is 1. The Balaban J connectivity index is 1.75. The van der Waals surface area contributed by atoms with Gasteiger partial charge in [0.2, 0.25) is 11.8 Å². The normalized spacial score (nSPS) is 12.1. The van der Waals surface area contributed by atoms with E-state index in [4.69, 9.17) is 4.42 Å². The van der Waals surface area contributed by atoms with Gasteiger partial charge in [-0.3, -0.25) is 0 Å². The number of anilines is 1. The lowest BCUT2D eigenvalue weighted by Gasteiger charge is -2.11. The number of hydrogen-bond donors (Lipinski definition) is 1. The van der Waals surface area contributed by atoms with Crippen molar-refractivity contribution in [2.75, 3.05) is 5.32 Å². The first-order valence-electron chi connectivity index (χ1n) is 7.35. The van der Waals surface area contributed by atoms with Crippen molar-refractivity contribution in [3.05, 3.63) is 65.5 Å². The third kappa shape index (κ3) is 3.17. The van der Waals surface area contributed by atoms with Crippen molar-refractivity contribution in [2.45, 2.75) is 26.8 Å². The first kappa shape index (κ1) is 14.3. The van der Waals surface area contributed by atoms with Gasteiger partial charge < -0.3 is 9.73 Å². The number of benzene rings is 2. The standard InChI is InChI=1S/C18H19N3O/c1-12-4-8-15(9-5-12)18-21-20-17(22-18)14(3)19-16-10-6-13(2)7-11-16/h4-11,14,19H,1-3H3/t14-/m1/s1. The zero-order valence-electron chi connectivity index (χ0n) is 13.0. The zero-order chi connectivity index (χ0) is 15.5. The first-order valence-corrected chi connectivity index (χ1v) is 7.35. The Kier molecular flexibility index (Phi) is 3.92. The summed E-state index contributed by atoms with van der Waals surface area (Å²) in [7, 11) is 0. The Labute approximate surface area is 130 Å². The molecule has 0 unspecified atom stereocenters. The summed E-state index contributed by atoms with van der Waals surface area (Å²) in [6, 6.07) is 16.2. The fourth-order valence-corrected chi connectivity index (χ4v) is 2.18. The van der Waals surface area contributed by atoms with Crippen LogP contribution in [0, 0.1) is 13.8 Å². The van der Waals surface area contributed by atoms with Gasteiger partial charge in [0.1, 0.15) is 6.04 Å². The lowest BCUT2D eigenvalue weighted by atomic mass is 10.1. The van der Waals surface area contributed by atoms with E-state index in [0.29, 0.717) is 11.8 Å². The summed E-state index contributed by atoms with van der Waals surface area (Å²) in [6.07, 6.45) is 0. The summed E-state index contributed by atoms with van der Waals surface area (Å²) in [6.45, 7) is 6.13. The Morgan fingerprint density at radius 3 is 2.09 bits per heavy atom. The van der Waals surface area contributed by atoms with Crippen LogP contribution in [0.1, 0.15) is 30.0 Å². The molecule has 1 N–H and O–H groups in total. The third-order valence-electron chi connectivity index (χ3n) is 3.54. The molecule has 22 heavy (non-hydrogen) atoms. The molecule has 4 heteroatoms. The van der Waals surface area contributed by atoms with E-state index in [9.17, 15) is 0 Å². The second kappa shape index (κ2) is 6.02. The van der Waals surface area contributed by atoms with Crippen molar-refractivity contribution in [3.63, 3.8) is 0 Å². The molecular formula is C18H19N3O. The minimum absolute atomic E-state index is 0.0468. The fourth-order valence-electron chi connectivity index (χ4n) is 2.18. The molecule has 0 spiro atoms. The molecule has 0 aliphatic heterocycles. The molecule has 0 bridgehead atoms. The average Bonchev–Trinajstić information content (AvgIpc) is 3.00. The van der Waals surface area contributed by atoms with Gasteiger partial charge in [0.15, 0.2) is 0 Å². The lowest BCUT2D eigenvalue weighted by molar-refractivity contribution is 0.485. The second-order valence-corrected chi connectivity index (χ2v) is 5.54. The van der Waals surface area contributed by atoms with E-state index in [0.717, 1.165) is 11.3 Å². The summed E-state index contributed by atoms with van der Waals surface area (Å²) in [5, 5.41) is 11.6. The van der Waals surface area contributed by atoms with Crippen LogP contribution in [0.2, 0.25) is 0 Å². The minimum Gasteiger partial charge on any atom is -0.418 e. The molecule has 112 valence electrons. The van der Waals surface area contributed by atoms with E-state index in [1.807, 2.05) is 43.3 Å². The van der Waals surface area contributed by atoms with E-state index in [2.05, 4.69) is 41.5 Å². The molecule has 0 fully saturated rings. The van der Waals surface area contributed by atoms with Gasteiger partial charge in [-0.25, -0.2) is 0 Å². The number of aryl methyl sites for hydroxylation is 2. The maximum absolute atomic E-state index is 5.78. The third-order valence-corrected chi connectivity index (χ3v) is 3.54. The Morgan fingerprint density at radius 1 is 0.864 bits per heavy atom. The van der Waals surface area contributed by atoms with E-state index >= 15 is 0 Å². The summed E-state index contributed by atoms with van der Waals surface area (Å²) in [4.78, 5) is 0. The summed E-state index contributed by atoms with van der Waals surface area (Å²) in [5.41, 5.74) is 4.41. The van der Waals surface area contributed by atoms with E-state index in [1.54, 1.807) is 0 Å². The van der Waals surface area contributed by atoms with Crippen molar-refractivity contribution in [2.24, 2.45) is 0 Å². The van der Waals surface area contributed by atoms with Crippen molar-refractivity contribution in [1.29, 1.82) is 0 Å². The Hall–Kier alpha value is -2.62. The number of rotatable bonds is 4. The van der Waals surface area contributed by atoms with Crippen LogP contribution in [0.15, 0.2) is 52.9 Å². The minimum atomic E-state index is -0.0468. The SMILES string of the molecule is Cc1ccc(N[C@H](C)c2nnc(-c3ccc(C)cc3)o2)cc1. The zero-order valence-corrected chi connectivity index (χ0v) is 13.0. The van der Waals surface area contributed by atoms with Crippen molar-refractivity contribution in [3.8, 4) is 11.5 Å². The van der Waals surface area contributed by atoms with Crippen LogP contribution in [-0.2, 0) is 0 Å². The molecule has 2 aromatic carbocycles. The summed E-state index contributed by atoms with van der Waals surface area (Å²) < 4.78 is 5.78. The van der Waals surface area contributed by atoms with Crippen LogP contribution in [-0.4, -0.2) is 10.2 Å². The molecule has 3 rings (SSSR count). The average molecular weight is 293 g/mol. The molecular weight excluding hydrogens is 274 g/mol. The van der Waals surface area contributed by atoms with Crippen LogP contribution >= 0.6 is 0 Å². The molecule has 0 saturated carbocycles. The van der Waals surface area contributed by atoms with Crippen LogP contribution in [0.5, 0.6) is 0 Å². The molecule has 0 aliphatic rings. The van der Waals surface area contributed by atoms with Gasteiger partial charge in [-0.05, 0) is 45.0 Å². The van der Waals surface area contributed by atoms with Gasteiger partial charge in [-0.2, -0.15) is 0 Å². The lowest BCUT2D eigenvalue weighted by Crippen LogP contribution is -2.06. The van der Waals surface area contributed by atoms with E-state index in [-0.39, 0.29) is 6.04 Å². The highest BCUT2D eigenvalue weighted by molar-refractivity contribution is 5.53. The molecule has 1 aromatic heterocycles. The monoisotopic (exact) mass is 293 g/mol. The molecule has 0 radical (unpaired) electrons. The van der Waals surface area contributed by atoms with Gasteiger partial charge >= 0.3 is 0 Å². The number of nitrogens with zero attached hydrogens (tertiary/aromatic N) is 2. The number of aromatic nitrogens is 2. The van der Waals surface area contributed by atoms with Gasteiger partial charge in [0, 0.05) is 11.3 Å². The molecule has 0 aliphatic carbocycles. The fraction of sp³-hybridized carbons (Fsp3) is 0.222. The molecule has 3 aromatic rings. The van der Waals surface area contributed by atoms with E-state index < -0.39 is 0 Å². The Morgan fingerprint density at radius 2 is 1.45 bits per heavy atom. The summed E-state index contributed by atoms with van der Waals surface area (Å²) >= 11 is 0. The van der Waals surface area contributed by atoms with Crippen LogP contribution < -0.4 is 5.32 Å². The van der Waals surface area contributed by atoms with Crippen molar-refractivity contribution < 1.29 is 4.42 Å². The molecule has 1 heterocycles. The topological polar surface area (TPSA) is 51.0 Å². The van der Waals surface area contributed by atoms with Gasteiger partial charge in [-0.1, -0.05) is 35.4 Å². The molecule has 0 amide bonds. The van der Waals surface area contributed by atoms with Crippen LogP contribution in [0.3, 0.4) is 0 Å². The van der Waals surface area contributed by atoms with Gasteiger partial charge in [-0.15, -0.1) is 10.2 Å². The Bertz CT molecular complexity index is 745. The van der Waals surface area contributed by atoms with E-state index in [1.165, 1.54) is 11.1 Å². The first-order chi connectivity index (χ1) is 10.6. The number of hydrogen-bond acceptors (Lipinski definition) is 4. The largest absolute Gasteiger partial charge is 0.418 e. The molecule has 4 nitrogen and oxygen atoms in total. The van der Waals surface area contributed by atoms with Gasteiger partial charge in [0.25, 0.3) is 0 Å². The molecule has 1 atom stereocenters. The highest BCUT2D eigenvalue weighted by Gasteiger charge is 2.14. The van der Waals surface area contributed by atoms with Crippen LogP contribution in [0.25, 0.3) is 11.5 Å². The quantitative estimate of drug-likeness (QED) is 0.768.